The maximum atomic E-state index is 13.4. The number of carbonyl (C=O) groups excluding carboxylic acids is 1. The molecule has 4 rings (SSSR count). The summed E-state index contributed by atoms with van der Waals surface area (Å²) >= 11 is 5.78. The molecule has 0 aliphatic rings. The van der Waals surface area contributed by atoms with Crippen molar-refractivity contribution >= 4 is 34.2 Å². The fourth-order valence-electron chi connectivity index (χ4n) is 4.15. The maximum Gasteiger partial charge on any atom is 0.255 e. The van der Waals surface area contributed by atoms with Crippen molar-refractivity contribution in [2.45, 2.75) is 40.2 Å². The molecule has 0 atom stereocenters. The number of aryl methyl sites for hydroxylation is 3. The van der Waals surface area contributed by atoms with Gasteiger partial charge in [0, 0.05) is 29.6 Å². The fraction of sp³-hybridized carbons (Fsp3) is 0.240. The summed E-state index contributed by atoms with van der Waals surface area (Å²) < 4.78 is 16.9. The molecule has 0 bridgehead atoms. The summed E-state index contributed by atoms with van der Waals surface area (Å²) in [4.78, 5) is 25.9. The minimum absolute atomic E-state index is 0.0640. The number of anilines is 1. The molecule has 33 heavy (non-hydrogen) atoms. The Hall–Kier alpha value is -3.45. The highest BCUT2D eigenvalue weighted by Gasteiger charge is 2.21. The number of amides is 1. The van der Waals surface area contributed by atoms with Gasteiger partial charge < -0.3 is 5.32 Å². The monoisotopic (exact) mass is 466 g/mol. The van der Waals surface area contributed by atoms with Crippen LogP contribution in [0.15, 0.2) is 53.3 Å². The molecule has 8 heteroatoms. The van der Waals surface area contributed by atoms with Crippen LogP contribution in [-0.2, 0) is 17.8 Å². The predicted molar refractivity (Wildman–Crippen MR) is 129 cm³/mol. The molecule has 0 unspecified atom stereocenters. The van der Waals surface area contributed by atoms with E-state index in [0.29, 0.717) is 17.8 Å². The third-order valence-corrected chi connectivity index (χ3v) is 6.03. The lowest BCUT2D eigenvalue weighted by atomic mass is 10.0. The lowest BCUT2D eigenvalue weighted by molar-refractivity contribution is -0.116. The molecule has 0 spiro atoms. The number of nitrogens with zero attached hydrogens (tertiary/aromatic N) is 3. The van der Waals surface area contributed by atoms with E-state index in [0.717, 1.165) is 28.0 Å². The summed E-state index contributed by atoms with van der Waals surface area (Å²) in [5, 5.41) is 8.27. The van der Waals surface area contributed by atoms with Crippen molar-refractivity contribution < 1.29 is 9.18 Å². The number of pyridine rings is 1. The molecule has 6 nitrogen and oxygen atoms in total. The van der Waals surface area contributed by atoms with Gasteiger partial charge in [-0.15, -0.1) is 0 Å². The van der Waals surface area contributed by atoms with Crippen LogP contribution >= 0.6 is 11.6 Å². The fourth-order valence-corrected chi connectivity index (χ4v) is 4.33. The highest BCUT2D eigenvalue weighted by molar-refractivity contribution is 6.31. The number of fused-ring (bicyclic) bond motifs is 1. The molecule has 2 heterocycles. The Morgan fingerprint density at radius 3 is 2.55 bits per heavy atom. The van der Waals surface area contributed by atoms with Gasteiger partial charge >= 0.3 is 0 Å². The number of carbonyl (C=O) groups is 1. The van der Waals surface area contributed by atoms with Gasteiger partial charge in [0.15, 0.2) is 0 Å². The largest absolute Gasteiger partial charge is 0.326 e. The van der Waals surface area contributed by atoms with Gasteiger partial charge in [0.25, 0.3) is 5.56 Å². The number of benzene rings is 2. The van der Waals surface area contributed by atoms with E-state index in [1.165, 1.54) is 18.2 Å². The van der Waals surface area contributed by atoms with Gasteiger partial charge in [-0.2, -0.15) is 5.10 Å². The Morgan fingerprint density at radius 2 is 1.88 bits per heavy atom. The van der Waals surface area contributed by atoms with E-state index in [2.05, 4.69) is 5.32 Å². The maximum absolute atomic E-state index is 13.4. The summed E-state index contributed by atoms with van der Waals surface area (Å²) in [5.41, 5.74) is 4.14. The van der Waals surface area contributed by atoms with E-state index in [1.54, 1.807) is 9.25 Å². The first kappa shape index (κ1) is 22.7. The number of hydrogen-bond donors (Lipinski definition) is 1. The second kappa shape index (κ2) is 9.19. The van der Waals surface area contributed by atoms with Gasteiger partial charge in [-0.1, -0.05) is 29.8 Å². The van der Waals surface area contributed by atoms with Gasteiger partial charge in [-0.3, -0.25) is 14.2 Å². The molecule has 0 radical (unpaired) electrons. The van der Waals surface area contributed by atoms with Crippen molar-refractivity contribution in [1.82, 2.24) is 14.3 Å². The van der Waals surface area contributed by atoms with Gasteiger partial charge in [-0.05, 0) is 63.1 Å². The third kappa shape index (κ3) is 4.28. The molecule has 0 saturated carbocycles. The van der Waals surface area contributed by atoms with Gasteiger partial charge in [0.1, 0.15) is 11.5 Å². The molecular formula is C25H24ClFN4O2. The third-order valence-electron chi connectivity index (χ3n) is 5.75. The van der Waals surface area contributed by atoms with Crippen LogP contribution in [0.1, 0.15) is 30.2 Å². The first-order valence-electron chi connectivity index (χ1n) is 10.7. The summed E-state index contributed by atoms with van der Waals surface area (Å²) in [6, 6.07) is 13.7. The molecule has 170 valence electrons. The average Bonchev–Trinajstić information content (AvgIpc) is 3.14. The molecular weight excluding hydrogens is 443 g/mol. The molecule has 1 N–H and O–H groups in total. The molecule has 0 aliphatic carbocycles. The number of para-hydroxylation sites is 1. The number of hydrogen-bond acceptors (Lipinski definition) is 3. The SMILES string of the molecule is CCn1c(=O)c(CCC(=O)Nc2ccc(F)c(Cl)c2)c(C)c2c(C)nn(-c3ccccc3)c21. The van der Waals surface area contributed by atoms with E-state index in [1.807, 2.05) is 51.1 Å². The van der Waals surface area contributed by atoms with Gasteiger partial charge in [0.05, 0.1) is 16.4 Å². The second-order valence-electron chi connectivity index (χ2n) is 7.86. The Labute approximate surface area is 195 Å². The Balaban J connectivity index is 1.69. The molecule has 1 amide bonds. The van der Waals surface area contributed by atoms with E-state index < -0.39 is 5.82 Å². The van der Waals surface area contributed by atoms with E-state index in [4.69, 9.17) is 16.7 Å². The van der Waals surface area contributed by atoms with Crippen LogP contribution in [0.3, 0.4) is 0 Å². The summed E-state index contributed by atoms with van der Waals surface area (Å²) in [6.07, 6.45) is 0.378. The number of aromatic nitrogens is 3. The molecule has 0 saturated heterocycles. The van der Waals surface area contributed by atoms with Gasteiger partial charge in [-0.25, -0.2) is 9.07 Å². The lowest BCUT2D eigenvalue weighted by Gasteiger charge is -2.14. The topological polar surface area (TPSA) is 68.9 Å². The number of rotatable bonds is 6. The highest BCUT2D eigenvalue weighted by atomic mass is 35.5. The predicted octanol–water partition coefficient (Wildman–Crippen LogP) is 5.19. The van der Waals surface area contributed by atoms with Crippen molar-refractivity contribution in [2.24, 2.45) is 0 Å². The van der Waals surface area contributed by atoms with Gasteiger partial charge in [0.2, 0.25) is 5.91 Å². The van der Waals surface area contributed by atoms with Crippen molar-refractivity contribution in [2.75, 3.05) is 5.32 Å². The summed E-state index contributed by atoms with van der Waals surface area (Å²) in [5.74, 6) is -0.832. The first-order valence-corrected chi connectivity index (χ1v) is 11.1. The van der Waals surface area contributed by atoms with Crippen LogP contribution in [0.2, 0.25) is 5.02 Å². The quantitative estimate of drug-likeness (QED) is 0.425. The minimum atomic E-state index is -0.551. The lowest BCUT2D eigenvalue weighted by Crippen LogP contribution is -2.27. The molecule has 0 fully saturated rings. The normalized spacial score (nSPS) is 11.2. The van der Waals surface area contributed by atoms with Crippen molar-refractivity contribution in [3.63, 3.8) is 0 Å². The van der Waals surface area contributed by atoms with Crippen LogP contribution in [0.4, 0.5) is 10.1 Å². The highest BCUT2D eigenvalue weighted by Crippen LogP contribution is 2.26. The van der Waals surface area contributed by atoms with Crippen LogP contribution in [0.5, 0.6) is 0 Å². The molecule has 4 aromatic rings. The van der Waals surface area contributed by atoms with E-state index in [-0.39, 0.29) is 29.3 Å². The zero-order chi connectivity index (χ0) is 23.7. The average molecular weight is 467 g/mol. The smallest absolute Gasteiger partial charge is 0.255 e. The molecule has 2 aromatic heterocycles. The van der Waals surface area contributed by atoms with Crippen molar-refractivity contribution in [3.8, 4) is 5.69 Å². The van der Waals surface area contributed by atoms with E-state index in [9.17, 15) is 14.0 Å². The zero-order valence-corrected chi connectivity index (χ0v) is 19.4. The standard InChI is InChI=1S/C25H24ClFN4O2/c1-4-30-24-23(16(3)29-31(24)18-8-6-5-7-9-18)15(2)19(25(30)33)11-13-22(32)28-17-10-12-21(27)20(26)14-17/h5-10,12,14H,4,11,13H2,1-3H3,(H,28,32). The van der Waals surface area contributed by atoms with E-state index >= 15 is 0 Å². The minimum Gasteiger partial charge on any atom is -0.326 e. The first-order chi connectivity index (χ1) is 15.8. The van der Waals surface area contributed by atoms with Crippen LogP contribution in [0, 0.1) is 19.7 Å². The van der Waals surface area contributed by atoms with Crippen molar-refractivity contribution in [1.29, 1.82) is 0 Å². The second-order valence-corrected chi connectivity index (χ2v) is 8.27. The molecule has 2 aromatic carbocycles. The van der Waals surface area contributed by atoms with Crippen molar-refractivity contribution in [3.05, 3.63) is 86.5 Å². The number of halogens is 2. The van der Waals surface area contributed by atoms with Crippen LogP contribution in [-0.4, -0.2) is 20.3 Å². The summed E-state index contributed by atoms with van der Waals surface area (Å²) in [6.45, 7) is 6.22. The van der Waals surface area contributed by atoms with Crippen LogP contribution < -0.4 is 10.9 Å². The molecule has 0 aliphatic heterocycles. The summed E-state index contributed by atoms with van der Waals surface area (Å²) in [7, 11) is 0. The Morgan fingerprint density at radius 1 is 1.15 bits per heavy atom. The van der Waals surface area contributed by atoms with Crippen LogP contribution in [0.25, 0.3) is 16.7 Å². The number of nitrogens with one attached hydrogen (secondary N) is 1. The Bertz CT molecular complexity index is 1410. The zero-order valence-electron chi connectivity index (χ0n) is 18.7. The Kier molecular flexibility index (Phi) is 6.33.